The van der Waals surface area contributed by atoms with Crippen molar-refractivity contribution in [3.05, 3.63) is 57.6 Å². The van der Waals surface area contributed by atoms with Crippen molar-refractivity contribution in [2.24, 2.45) is 0 Å². The Morgan fingerprint density at radius 3 is 2.50 bits per heavy atom. The van der Waals surface area contributed by atoms with Crippen LogP contribution in [0.25, 0.3) is 0 Å². The van der Waals surface area contributed by atoms with Crippen molar-refractivity contribution in [1.29, 1.82) is 0 Å². The van der Waals surface area contributed by atoms with Gasteiger partial charge in [-0.3, -0.25) is 9.59 Å². The van der Waals surface area contributed by atoms with E-state index in [1.165, 1.54) is 26.2 Å². The minimum absolute atomic E-state index is 0.0838. The summed E-state index contributed by atoms with van der Waals surface area (Å²) >= 11 is 11.9. The summed E-state index contributed by atoms with van der Waals surface area (Å²) in [5.74, 6) is -0.271. The quantitative estimate of drug-likeness (QED) is 0.838. The minimum atomic E-state index is -0.429. The number of ketones is 1. The van der Waals surface area contributed by atoms with E-state index in [2.05, 4.69) is 5.32 Å². The van der Waals surface area contributed by atoms with Crippen LogP contribution in [-0.2, 0) is 0 Å². The molecule has 0 atom stereocenters. The van der Waals surface area contributed by atoms with Crippen LogP contribution < -0.4 is 10.1 Å². The zero-order valence-corrected chi connectivity index (χ0v) is 13.5. The summed E-state index contributed by atoms with van der Waals surface area (Å²) in [6.07, 6.45) is 0. The molecule has 0 aliphatic rings. The number of amides is 1. The second kappa shape index (κ2) is 6.81. The number of Topliss-reactive ketones (excluding diaryl/α,β-unsaturated/α-hetero) is 1. The molecule has 0 aliphatic carbocycles. The number of anilines is 1. The molecule has 6 heteroatoms. The summed E-state index contributed by atoms with van der Waals surface area (Å²) in [6, 6.07) is 9.61. The minimum Gasteiger partial charge on any atom is -0.494 e. The molecule has 1 N–H and O–H groups in total. The lowest BCUT2D eigenvalue weighted by molar-refractivity contribution is 0.101. The van der Waals surface area contributed by atoms with E-state index >= 15 is 0 Å². The van der Waals surface area contributed by atoms with E-state index in [1.807, 2.05) is 0 Å². The van der Waals surface area contributed by atoms with Gasteiger partial charge in [-0.25, -0.2) is 0 Å². The number of rotatable bonds is 4. The first-order valence-electron chi connectivity index (χ1n) is 6.37. The summed E-state index contributed by atoms with van der Waals surface area (Å²) < 4.78 is 5.15. The molecule has 0 fully saturated rings. The van der Waals surface area contributed by atoms with Gasteiger partial charge in [-0.2, -0.15) is 0 Å². The molecular formula is C16H13Cl2NO3. The number of hydrogen-bond acceptors (Lipinski definition) is 3. The van der Waals surface area contributed by atoms with Gasteiger partial charge in [0.2, 0.25) is 0 Å². The van der Waals surface area contributed by atoms with Gasteiger partial charge in [0.15, 0.2) is 5.78 Å². The summed E-state index contributed by atoms with van der Waals surface area (Å²) in [7, 11) is 1.42. The van der Waals surface area contributed by atoms with Crippen molar-refractivity contribution in [2.45, 2.75) is 6.92 Å². The third kappa shape index (κ3) is 3.59. The van der Waals surface area contributed by atoms with Crippen LogP contribution >= 0.6 is 23.2 Å². The van der Waals surface area contributed by atoms with Crippen LogP contribution in [0.1, 0.15) is 27.6 Å². The molecule has 22 heavy (non-hydrogen) atoms. The highest BCUT2D eigenvalue weighted by Gasteiger charge is 2.17. The first kappa shape index (κ1) is 16.3. The van der Waals surface area contributed by atoms with Gasteiger partial charge in [-0.05, 0) is 31.2 Å². The number of halogens is 2. The lowest BCUT2D eigenvalue weighted by Crippen LogP contribution is -2.13. The van der Waals surface area contributed by atoms with Gasteiger partial charge in [-0.1, -0.05) is 35.3 Å². The van der Waals surface area contributed by atoms with Gasteiger partial charge < -0.3 is 10.1 Å². The zero-order valence-electron chi connectivity index (χ0n) is 11.9. The lowest BCUT2D eigenvalue weighted by atomic mass is 10.1. The fraction of sp³-hybridized carbons (Fsp3) is 0.125. The van der Waals surface area contributed by atoms with Crippen molar-refractivity contribution in [3.8, 4) is 5.75 Å². The predicted octanol–water partition coefficient (Wildman–Crippen LogP) is 4.46. The molecule has 0 unspecified atom stereocenters. The maximum atomic E-state index is 12.4. The van der Waals surface area contributed by atoms with E-state index in [1.54, 1.807) is 24.3 Å². The smallest absolute Gasteiger partial charge is 0.259 e. The molecule has 2 rings (SSSR count). The molecule has 2 aromatic rings. The molecule has 0 saturated carbocycles. The first-order chi connectivity index (χ1) is 10.4. The average Bonchev–Trinajstić information content (AvgIpc) is 2.46. The Bertz CT molecular complexity index is 744. The highest BCUT2D eigenvalue weighted by Crippen LogP contribution is 2.32. The molecule has 1 amide bonds. The van der Waals surface area contributed by atoms with Crippen LogP contribution in [-0.4, -0.2) is 18.8 Å². The summed E-state index contributed by atoms with van der Waals surface area (Å²) in [6.45, 7) is 1.46. The average molecular weight is 338 g/mol. The van der Waals surface area contributed by atoms with Gasteiger partial charge in [-0.15, -0.1) is 0 Å². The lowest BCUT2D eigenvalue weighted by Gasteiger charge is -2.12. The molecule has 0 radical (unpaired) electrons. The molecule has 0 aliphatic heterocycles. The van der Waals surface area contributed by atoms with Crippen LogP contribution in [0.4, 0.5) is 5.69 Å². The van der Waals surface area contributed by atoms with E-state index in [0.29, 0.717) is 16.3 Å². The Kier molecular flexibility index (Phi) is 5.06. The van der Waals surface area contributed by atoms with Gasteiger partial charge >= 0.3 is 0 Å². The first-order valence-corrected chi connectivity index (χ1v) is 7.13. The second-order valence-electron chi connectivity index (χ2n) is 4.56. The molecule has 0 aromatic heterocycles. The number of carbonyl (C=O) groups is 2. The molecular weight excluding hydrogens is 325 g/mol. The summed E-state index contributed by atoms with van der Waals surface area (Å²) in [5.41, 5.74) is 1.22. The number of ether oxygens (including phenoxy) is 1. The molecule has 4 nitrogen and oxygen atoms in total. The Hall–Kier alpha value is -2.04. The maximum absolute atomic E-state index is 12.4. The van der Waals surface area contributed by atoms with Crippen molar-refractivity contribution in [2.75, 3.05) is 12.4 Å². The van der Waals surface area contributed by atoms with Crippen LogP contribution in [0.5, 0.6) is 5.75 Å². The largest absolute Gasteiger partial charge is 0.494 e. The third-order valence-electron chi connectivity index (χ3n) is 2.98. The van der Waals surface area contributed by atoms with Crippen molar-refractivity contribution >= 4 is 40.6 Å². The van der Waals surface area contributed by atoms with Gasteiger partial charge in [0, 0.05) is 16.3 Å². The Labute approximate surface area is 138 Å². The SMILES string of the molecule is COc1c(Cl)cc(Cl)cc1C(=O)Nc1cccc(C(C)=O)c1. The number of methoxy groups -OCH3 is 1. The fourth-order valence-corrected chi connectivity index (χ4v) is 2.52. The molecule has 2 aromatic carbocycles. The van der Waals surface area contributed by atoms with Gasteiger partial charge in [0.05, 0.1) is 17.7 Å². The topological polar surface area (TPSA) is 55.4 Å². The number of carbonyl (C=O) groups excluding carboxylic acids is 2. The number of hydrogen-bond donors (Lipinski definition) is 1. The Balaban J connectivity index is 2.34. The zero-order chi connectivity index (χ0) is 16.3. The van der Waals surface area contributed by atoms with E-state index in [-0.39, 0.29) is 22.1 Å². The normalized spacial score (nSPS) is 10.2. The molecule has 0 heterocycles. The molecule has 0 spiro atoms. The van der Waals surface area contributed by atoms with Crippen molar-refractivity contribution in [3.63, 3.8) is 0 Å². The predicted molar refractivity (Wildman–Crippen MR) is 87.4 cm³/mol. The number of benzene rings is 2. The number of nitrogens with one attached hydrogen (secondary N) is 1. The van der Waals surface area contributed by atoms with Crippen LogP contribution in [0.15, 0.2) is 36.4 Å². The van der Waals surface area contributed by atoms with E-state index in [9.17, 15) is 9.59 Å². The molecule has 0 bridgehead atoms. The van der Waals surface area contributed by atoms with Crippen LogP contribution in [0.3, 0.4) is 0 Å². The highest BCUT2D eigenvalue weighted by molar-refractivity contribution is 6.36. The van der Waals surface area contributed by atoms with E-state index < -0.39 is 5.91 Å². The van der Waals surface area contributed by atoms with Gasteiger partial charge in [0.1, 0.15) is 5.75 Å². The monoisotopic (exact) mass is 337 g/mol. The summed E-state index contributed by atoms with van der Waals surface area (Å²) in [5, 5.41) is 3.27. The molecule has 114 valence electrons. The van der Waals surface area contributed by atoms with E-state index in [4.69, 9.17) is 27.9 Å². The van der Waals surface area contributed by atoms with Crippen molar-refractivity contribution < 1.29 is 14.3 Å². The third-order valence-corrected chi connectivity index (χ3v) is 3.48. The Morgan fingerprint density at radius 1 is 1.14 bits per heavy atom. The summed E-state index contributed by atoms with van der Waals surface area (Å²) in [4.78, 5) is 23.8. The van der Waals surface area contributed by atoms with E-state index in [0.717, 1.165) is 0 Å². The highest BCUT2D eigenvalue weighted by atomic mass is 35.5. The fourth-order valence-electron chi connectivity index (χ4n) is 1.95. The van der Waals surface area contributed by atoms with Crippen molar-refractivity contribution in [1.82, 2.24) is 0 Å². The standard InChI is InChI=1S/C16H13Cl2NO3/c1-9(20)10-4-3-5-12(6-10)19-16(21)13-7-11(17)8-14(18)15(13)22-2/h3-8H,1-2H3,(H,19,21). The van der Waals surface area contributed by atoms with Gasteiger partial charge in [0.25, 0.3) is 5.91 Å². The van der Waals surface area contributed by atoms with Crippen LogP contribution in [0.2, 0.25) is 10.0 Å². The van der Waals surface area contributed by atoms with Crippen LogP contribution in [0, 0.1) is 0 Å². The molecule has 0 saturated heterocycles. The Morgan fingerprint density at radius 2 is 1.86 bits per heavy atom. The maximum Gasteiger partial charge on any atom is 0.259 e. The second-order valence-corrected chi connectivity index (χ2v) is 5.40.